The molecule has 2 amide bonds. The number of amides is 2. The van der Waals surface area contributed by atoms with Crippen molar-refractivity contribution in [1.29, 1.82) is 0 Å². The molecule has 0 radical (unpaired) electrons. The lowest BCUT2D eigenvalue weighted by Gasteiger charge is -2.15. The maximum Gasteiger partial charge on any atom is 0.255 e. The fraction of sp³-hybridized carbons (Fsp3) is 0.300. The summed E-state index contributed by atoms with van der Waals surface area (Å²) >= 11 is 0. The molecule has 2 rings (SSSR count). The van der Waals surface area contributed by atoms with E-state index in [2.05, 4.69) is 17.6 Å². The third kappa shape index (κ3) is 5.16. The highest BCUT2D eigenvalue weighted by molar-refractivity contribution is 6.06. The molecule has 0 atom stereocenters. The van der Waals surface area contributed by atoms with Gasteiger partial charge in [0.25, 0.3) is 11.8 Å². The van der Waals surface area contributed by atoms with Crippen LogP contribution in [0.5, 0.6) is 0 Å². The van der Waals surface area contributed by atoms with Gasteiger partial charge in [0.15, 0.2) is 0 Å². The number of rotatable bonds is 7. The zero-order valence-corrected chi connectivity index (χ0v) is 15.0. The molecule has 0 aromatic heterocycles. The molecule has 2 aromatic rings. The Morgan fingerprint density at radius 2 is 1.72 bits per heavy atom. The molecule has 5 nitrogen and oxygen atoms in total. The molecule has 0 aliphatic carbocycles. The molecular weight excluding hydrogens is 314 g/mol. The molecule has 0 aliphatic rings. The van der Waals surface area contributed by atoms with E-state index >= 15 is 0 Å². The van der Waals surface area contributed by atoms with Crippen molar-refractivity contribution < 1.29 is 9.59 Å². The summed E-state index contributed by atoms with van der Waals surface area (Å²) < 4.78 is 0. The number of hydrogen-bond acceptors (Lipinski definition) is 3. The lowest BCUT2D eigenvalue weighted by Crippen LogP contribution is -2.26. The highest BCUT2D eigenvalue weighted by Gasteiger charge is 2.13. The molecule has 0 fully saturated rings. The topological polar surface area (TPSA) is 61.4 Å². The first kappa shape index (κ1) is 18.7. The monoisotopic (exact) mass is 339 g/mol. The van der Waals surface area contributed by atoms with E-state index in [1.165, 1.54) is 0 Å². The summed E-state index contributed by atoms with van der Waals surface area (Å²) in [6, 6.07) is 14.5. The van der Waals surface area contributed by atoms with Crippen molar-refractivity contribution in [3.05, 3.63) is 65.2 Å². The number of nitrogens with one attached hydrogen (secondary N) is 2. The van der Waals surface area contributed by atoms with Crippen LogP contribution in [0.3, 0.4) is 0 Å². The van der Waals surface area contributed by atoms with Gasteiger partial charge in [-0.25, -0.2) is 0 Å². The van der Waals surface area contributed by atoms with Crippen LogP contribution >= 0.6 is 0 Å². The Labute approximate surface area is 149 Å². The quantitative estimate of drug-likeness (QED) is 0.815. The molecule has 2 aromatic carbocycles. The summed E-state index contributed by atoms with van der Waals surface area (Å²) in [5, 5.41) is 6.15. The number of hydrogen-bond donors (Lipinski definition) is 2. The van der Waals surface area contributed by atoms with Gasteiger partial charge in [0.05, 0.1) is 0 Å². The van der Waals surface area contributed by atoms with Gasteiger partial charge in [-0.2, -0.15) is 0 Å². The van der Waals surface area contributed by atoms with E-state index in [0.717, 1.165) is 24.3 Å². The van der Waals surface area contributed by atoms with E-state index < -0.39 is 0 Å². The van der Waals surface area contributed by atoms with Crippen LogP contribution in [0.15, 0.2) is 48.5 Å². The SMILES string of the molecule is CCNCc1cccc(NC(=O)c2cccc(C(=O)N(C)CC)c2)c1. The maximum atomic E-state index is 12.5. The molecule has 132 valence electrons. The van der Waals surface area contributed by atoms with E-state index in [-0.39, 0.29) is 11.8 Å². The normalized spacial score (nSPS) is 10.4. The number of benzene rings is 2. The minimum Gasteiger partial charge on any atom is -0.342 e. The van der Waals surface area contributed by atoms with Crippen LogP contribution in [0.25, 0.3) is 0 Å². The molecule has 2 N–H and O–H groups in total. The summed E-state index contributed by atoms with van der Waals surface area (Å²) in [6.07, 6.45) is 0. The van der Waals surface area contributed by atoms with Gasteiger partial charge in [-0.1, -0.05) is 25.1 Å². The highest BCUT2D eigenvalue weighted by atomic mass is 16.2. The van der Waals surface area contributed by atoms with Gasteiger partial charge in [0.1, 0.15) is 0 Å². The Morgan fingerprint density at radius 1 is 1.00 bits per heavy atom. The average Bonchev–Trinajstić information content (AvgIpc) is 2.65. The molecule has 0 aliphatic heterocycles. The highest BCUT2D eigenvalue weighted by Crippen LogP contribution is 2.14. The van der Waals surface area contributed by atoms with Crippen molar-refractivity contribution in [1.82, 2.24) is 10.2 Å². The van der Waals surface area contributed by atoms with Crippen molar-refractivity contribution >= 4 is 17.5 Å². The van der Waals surface area contributed by atoms with E-state index in [9.17, 15) is 9.59 Å². The van der Waals surface area contributed by atoms with E-state index in [4.69, 9.17) is 0 Å². The largest absolute Gasteiger partial charge is 0.342 e. The van der Waals surface area contributed by atoms with E-state index in [1.54, 1.807) is 36.2 Å². The zero-order chi connectivity index (χ0) is 18.2. The van der Waals surface area contributed by atoms with Crippen LogP contribution < -0.4 is 10.6 Å². The first-order chi connectivity index (χ1) is 12.0. The van der Waals surface area contributed by atoms with E-state index in [0.29, 0.717) is 17.7 Å². The molecular formula is C20H25N3O2. The van der Waals surface area contributed by atoms with Gasteiger partial charge in [-0.3, -0.25) is 9.59 Å². The molecule has 5 heteroatoms. The number of anilines is 1. The van der Waals surface area contributed by atoms with Crippen LogP contribution in [0.4, 0.5) is 5.69 Å². The Hall–Kier alpha value is -2.66. The molecule has 0 heterocycles. The minimum absolute atomic E-state index is 0.0928. The van der Waals surface area contributed by atoms with Gasteiger partial charge in [-0.05, 0) is 49.4 Å². The van der Waals surface area contributed by atoms with Crippen molar-refractivity contribution in [2.45, 2.75) is 20.4 Å². The summed E-state index contributed by atoms with van der Waals surface area (Å²) in [4.78, 5) is 26.4. The third-order valence-corrected chi connectivity index (χ3v) is 3.96. The molecule has 25 heavy (non-hydrogen) atoms. The van der Waals surface area contributed by atoms with Crippen LogP contribution in [0.2, 0.25) is 0 Å². The summed E-state index contributed by atoms with van der Waals surface area (Å²) in [5.74, 6) is -0.320. The predicted molar refractivity (Wildman–Crippen MR) is 101 cm³/mol. The van der Waals surface area contributed by atoms with Crippen molar-refractivity contribution in [2.24, 2.45) is 0 Å². The second-order valence-electron chi connectivity index (χ2n) is 5.83. The van der Waals surface area contributed by atoms with Crippen molar-refractivity contribution in [3.63, 3.8) is 0 Å². The second-order valence-corrected chi connectivity index (χ2v) is 5.83. The van der Waals surface area contributed by atoms with Crippen LogP contribution in [0.1, 0.15) is 40.1 Å². The van der Waals surface area contributed by atoms with Crippen LogP contribution in [-0.4, -0.2) is 36.9 Å². The van der Waals surface area contributed by atoms with Gasteiger partial charge < -0.3 is 15.5 Å². The second kappa shape index (κ2) is 8.99. The first-order valence-electron chi connectivity index (χ1n) is 8.51. The number of carbonyl (C=O) groups excluding carboxylic acids is 2. The Bertz CT molecular complexity index is 743. The third-order valence-electron chi connectivity index (χ3n) is 3.96. The summed E-state index contributed by atoms with van der Waals surface area (Å²) in [7, 11) is 1.74. The smallest absolute Gasteiger partial charge is 0.255 e. The standard InChI is InChI=1S/C20H25N3O2/c1-4-21-14-15-8-6-11-18(12-15)22-19(24)16-9-7-10-17(13-16)20(25)23(3)5-2/h6-13,21H,4-5,14H2,1-3H3,(H,22,24). The lowest BCUT2D eigenvalue weighted by atomic mass is 10.1. The molecule has 0 bridgehead atoms. The predicted octanol–water partition coefficient (Wildman–Crippen LogP) is 3.14. The average molecular weight is 339 g/mol. The Kier molecular flexibility index (Phi) is 6.71. The van der Waals surface area contributed by atoms with Crippen molar-refractivity contribution in [2.75, 3.05) is 25.5 Å². The summed E-state index contributed by atoms with van der Waals surface area (Å²) in [6.45, 7) is 6.23. The van der Waals surface area contributed by atoms with Gasteiger partial charge in [0, 0.05) is 37.0 Å². The van der Waals surface area contributed by atoms with Gasteiger partial charge in [0.2, 0.25) is 0 Å². The fourth-order valence-corrected chi connectivity index (χ4v) is 2.39. The number of carbonyl (C=O) groups is 2. The molecule has 0 saturated heterocycles. The van der Waals surface area contributed by atoms with Gasteiger partial charge in [-0.15, -0.1) is 0 Å². The summed E-state index contributed by atoms with van der Waals surface area (Å²) in [5.41, 5.74) is 2.82. The molecule has 0 spiro atoms. The zero-order valence-electron chi connectivity index (χ0n) is 15.0. The van der Waals surface area contributed by atoms with Crippen molar-refractivity contribution in [3.8, 4) is 0 Å². The van der Waals surface area contributed by atoms with E-state index in [1.807, 2.05) is 31.2 Å². The number of nitrogens with zero attached hydrogens (tertiary/aromatic N) is 1. The van der Waals surface area contributed by atoms with Gasteiger partial charge >= 0.3 is 0 Å². The first-order valence-corrected chi connectivity index (χ1v) is 8.51. The van der Waals surface area contributed by atoms with Crippen LogP contribution in [0, 0.1) is 0 Å². The fourth-order valence-electron chi connectivity index (χ4n) is 2.39. The molecule has 0 unspecified atom stereocenters. The maximum absolute atomic E-state index is 12.5. The lowest BCUT2D eigenvalue weighted by molar-refractivity contribution is 0.0802. The Morgan fingerprint density at radius 3 is 2.44 bits per heavy atom. The molecule has 0 saturated carbocycles. The minimum atomic E-state index is -0.227. The Balaban J connectivity index is 2.12. The van der Waals surface area contributed by atoms with Crippen LogP contribution in [-0.2, 0) is 6.54 Å².